The lowest BCUT2D eigenvalue weighted by molar-refractivity contribution is -0.136. The zero-order valence-corrected chi connectivity index (χ0v) is 7.96. The molecule has 0 aromatic heterocycles. The van der Waals surface area contributed by atoms with Crippen LogP contribution in [-0.2, 0) is 9.53 Å². The zero-order chi connectivity index (χ0) is 11.1. The minimum atomic E-state index is -3.13. The highest BCUT2D eigenvalue weighted by Crippen LogP contribution is 2.55. The second kappa shape index (κ2) is 3.15. The SMILES string of the molecule is COC(=O)C1=C(c2ccccc2)C1(F)F. The molecule has 0 amide bonds. The second-order valence-corrected chi connectivity index (χ2v) is 3.18. The molecule has 0 spiro atoms. The molecule has 0 bridgehead atoms. The van der Waals surface area contributed by atoms with E-state index in [1.165, 1.54) is 0 Å². The van der Waals surface area contributed by atoms with E-state index in [9.17, 15) is 13.6 Å². The molecule has 0 radical (unpaired) electrons. The van der Waals surface area contributed by atoms with Gasteiger partial charge in [-0.25, -0.2) is 4.79 Å². The fourth-order valence-corrected chi connectivity index (χ4v) is 1.50. The number of hydrogen-bond acceptors (Lipinski definition) is 2. The van der Waals surface area contributed by atoms with Gasteiger partial charge in [0.1, 0.15) is 5.57 Å². The van der Waals surface area contributed by atoms with Gasteiger partial charge in [0.25, 0.3) is 0 Å². The molecule has 0 unspecified atom stereocenters. The van der Waals surface area contributed by atoms with Crippen molar-refractivity contribution in [1.82, 2.24) is 0 Å². The number of esters is 1. The van der Waals surface area contributed by atoms with Crippen molar-refractivity contribution in [3.63, 3.8) is 0 Å². The lowest BCUT2D eigenvalue weighted by Gasteiger charge is -1.97. The first-order chi connectivity index (χ1) is 7.09. The average molecular weight is 210 g/mol. The highest BCUT2D eigenvalue weighted by molar-refractivity contribution is 6.13. The number of methoxy groups -OCH3 is 1. The fourth-order valence-electron chi connectivity index (χ4n) is 1.50. The van der Waals surface area contributed by atoms with Gasteiger partial charge in [-0.3, -0.25) is 0 Å². The highest BCUT2D eigenvalue weighted by Gasteiger charge is 2.60. The molecule has 0 heterocycles. The Kier molecular flexibility index (Phi) is 2.07. The number of alkyl halides is 2. The molecule has 2 nitrogen and oxygen atoms in total. The second-order valence-electron chi connectivity index (χ2n) is 3.18. The molecule has 2 rings (SSSR count). The summed E-state index contributed by atoms with van der Waals surface area (Å²) < 4.78 is 30.7. The summed E-state index contributed by atoms with van der Waals surface area (Å²) in [5, 5.41) is 0. The van der Waals surface area contributed by atoms with Crippen LogP contribution in [0.15, 0.2) is 35.9 Å². The number of halogens is 2. The molecule has 4 heteroatoms. The Labute approximate surface area is 85.2 Å². The molecular weight excluding hydrogens is 202 g/mol. The van der Waals surface area contributed by atoms with Gasteiger partial charge in [0, 0.05) is 5.57 Å². The fraction of sp³-hybridized carbons (Fsp3) is 0.182. The van der Waals surface area contributed by atoms with Crippen molar-refractivity contribution >= 4 is 11.5 Å². The van der Waals surface area contributed by atoms with E-state index in [0.29, 0.717) is 5.56 Å². The van der Waals surface area contributed by atoms with Crippen LogP contribution in [0.5, 0.6) is 0 Å². The van der Waals surface area contributed by atoms with E-state index in [2.05, 4.69) is 4.74 Å². The van der Waals surface area contributed by atoms with E-state index in [0.717, 1.165) is 7.11 Å². The van der Waals surface area contributed by atoms with Gasteiger partial charge in [-0.05, 0) is 5.56 Å². The van der Waals surface area contributed by atoms with Crippen molar-refractivity contribution in [2.75, 3.05) is 7.11 Å². The minimum Gasteiger partial charge on any atom is -0.465 e. The minimum absolute atomic E-state index is 0.227. The Morgan fingerprint density at radius 2 is 1.87 bits per heavy atom. The summed E-state index contributed by atoms with van der Waals surface area (Å²) in [6.07, 6.45) is 0. The Balaban J connectivity index is 2.39. The molecule has 0 saturated heterocycles. The first-order valence-electron chi connectivity index (χ1n) is 4.36. The third-order valence-electron chi connectivity index (χ3n) is 2.27. The summed E-state index contributed by atoms with van der Waals surface area (Å²) in [6.45, 7) is 0. The predicted octanol–water partition coefficient (Wildman–Crippen LogP) is 2.26. The maximum Gasteiger partial charge on any atom is 0.340 e. The molecule has 15 heavy (non-hydrogen) atoms. The predicted molar refractivity (Wildman–Crippen MR) is 50.3 cm³/mol. The van der Waals surface area contributed by atoms with E-state index >= 15 is 0 Å². The first kappa shape index (κ1) is 9.83. The van der Waals surface area contributed by atoms with Gasteiger partial charge in [0.05, 0.1) is 7.11 Å². The quantitative estimate of drug-likeness (QED) is 0.700. The molecule has 78 valence electrons. The number of allylic oxidation sites excluding steroid dienone is 1. The number of benzene rings is 1. The number of rotatable bonds is 2. The van der Waals surface area contributed by atoms with E-state index in [4.69, 9.17) is 0 Å². The van der Waals surface area contributed by atoms with E-state index in [1.54, 1.807) is 30.3 Å². The Morgan fingerprint density at radius 3 is 2.40 bits per heavy atom. The highest BCUT2D eigenvalue weighted by atomic mass is 19.3. The van der Waals surface area contributed by atoms with Crippen molar-refractivity contribution in [3.8, 4) is 0 Å². The van der Waals surface area contributed by atoms with Gasteiger partial charge < -0.3 is 4.74 Å². The van der Waals surface area contributed by atoms with Gasteiger partial charge in [-0.1, -0.05) is 30.3 Å². The van der Waals surface area contributed by atoms with Crippen molar-refractivity contribution in [3.05, 3.63) is 41.5 Å². The third-order valence-corrected chi connectivity index (χ3v) is 2.27. The first-order valence-corrected chi connectivity index (χ1v) is 4.36. The number of ether oxygens (including phenoxy) is 1. The van der Waals surface area contributed by atoms with Crippen molar-refractivity contribution < 1.29 is 18.3 Å². The third kappa shape index (κ3) is 1.42. The van der Waals surface area contributed by atoms with E-state index in [1.807, 2.05) is 0 Å². The largest absolute Gasteiger partial charge is 0.465 e. The molecule has 0 N–H and O–H groups in total. The Bertz CT molecular complexity index is 435. The summed E-state index contributed by atoms with van der Waals surface area (Å²) >= 11 is 0. The van der Waals surface area contributed by atoms with Crippen LogP contribution in [0.25, 0.3) is 5.57 Å². The van der Waals surface area contributed by atoms with Crippen LogP contribution < -0.4 is 0 Å². The van der Waals surface area contributed by atoms with E-state index in [-0.39, 0.29) is 5.57 Å². The average Bonchev–Trinajstić information content (AvgIpc) is 2.82. The molecule has 1 aliphatic rings. The summed E-state index contributed by atoms with van der Waals surface area (Å²) in [5.41, 5.74) is -0.394. The molecule has 0 atom stereocenters. The summed E-state index contributed by atoms with van der Waals surface area (Å²) in [4.78, 5) is 11.0. The van der Waals surface area contributed by atoms with E-state index < -0.39 is 17.5 Å². The Hall–Kier alpha value is -1.71. The van der Waals surface area contributed by atoms with Gasteiger partial charge in [0.15, 0.2) is 0 Å². The van der Waals surface area contributed by atoms with Gasteiger partial charge in [-0.2, -0.15) is 8.78 Å². The normalized spacial score (nSPS) is 17.5. The molecule has 1 aliphatic carbocycles. The van der Waals surface area contributed by atoms with Crippen molar-refractivity contribution in [1.29, 1.82) is 0 Å². The molecular formula is C11H8F2O2. The van der Waals surface area contributed by atoms with Gasteiger partial charge >= 0.3 is 11.9 Å². The number of carbonyl (C=O) groups excluding carboxylic acids is 1. The van der Waals surface area contributed by atoms with Crippen molar-refractivity contribution in [2.45, 2.75) is 5.92 Å². The van der Waals surface area contributed by atoms with Crippen LogP contribution in [0.1, 0.15) is 5.56 Å². The van der Waals surface area contributed by atoms with Crippen LogP contribution in [-0.4, -0.2) is 19.0 Å². The maximum absolute atomic E-state index is 13.2. The standard InChI is InChI=1S/C11H8F2O2/c1-15-10(14)9-8(11(9,12)13)7-5-3-2-4-6-7/h2-6H,1H3. The smallest absolute Gasteiger partial charge is 0.340 e. The zero-order valence-electron chi connectivity index (χ0n) is 7.96. The van der Waals surface area contributed by atoms with Crippen LogP contribution in [0.2, 0.25) is 0 Å². The molecule has 0 saturated carbocycles. The van der Waals surface area contributed by atoms with Gasteiger partial charge in [-0.15, -0.1) is 0 Å². The lowest BCUT2D eigenvalue weighted by atomic mass is 10.2. The van der Waals surface area contributed by atoms with Gasteiger partial charge in [0.2, 0.25) is 0 Å². The number of carbonyl (C=O) groups is 1. The maximum atomic E-state index is 13.2. The molecule has 1 aromatic carbocycles. The molecule has 0 fully saturated rings. The lowest BCUT2D eigenvalue weighted by Crippen LogP contribution is -2.06. The van der Waals surface area contributed by atoms with Crippen LogP contribution in [0.3, 0.4) is 0 Å². The molecule has 0 aliphatic heterocycles. The van der Waals surface area contributed by atoms with Crippen molar-refractivity contribution in [2.24, 2.45) is 0 Å². The molecule has 1 aromatic rings. The van der Waals surface area contributed by atoms with Crippen LogP contribution in [0, 0.1) is 0 Å². The Morgan fingerprint density at radius 1 is 1.27 bits per heavy atom. The number of hydrogen-bond donors (Lipinski definition) is 0. The van der Waals surface area contributed by atoms with Crippen LogP contribution >= 0.6 is 0 Å². The monoisotopic (exact) mass is 210 g/mol. The summed E-state index contributed by atoms with van der Waals surface area (Å²) in [6, 6.07) is 8.10. The topological polar surface area (TPSA) is 26.3 Å². The summed E-state index contributed by atoms with van der Waals surface area (Å²) in [5.74, 6) is -4.09. The van der Waals surface area contributed by atoms with Crippen LogP contribution in [0.4, 0.5) is 8.78 Å². The summed E-state index contributed by atoms with van der Waals surface area (Å²) in [7, 11) is 1.09.